The number of halogens is 3. The van der Waals surface area contributed by atoms with E-state index in [4.69, 9.17) is 4.74 Å². The first-order chi connectivity index (χ1) is 27.4. The van der Waals surface area contributed by atoms with E-state index >= 15 is 0 Å². The summed E-state index contributed by atoms with van der Waals surface area (Å²) < 4.78 is 49.2. The summed E-state index contributed by atoms with van der Waals surface area (Å²) >= 11 is 0. The lowest BCUT2D eigenvalue weighted by atomic mass is 9.74. The van der Waals surface area contributed by atoms with E-state index in [-0.39, 0.29) is 61.3 Å². The number of ether oxygens (including phenoxy) is 2. The van der Waals surface area contributed by atoms with Crippen LogP contribution in [0.15, 0.2) is 42.9 Å². The predicted octanol–water partition coefficient (Wildman–Crippen LogP) is 7.04. The number of Topliss-reactive ketones (excluding diaryl/α,β-unsaturated/α-hetero) is 4. The molecule has 0 bridgehead atoms. The highest BCUT2D eigenvalue weighted by Gasteiger charge is 2.47. The Balaban J connectivity index is 1.41. The van der Waals surface area contributed by atoms with E-state index in [1.807, 2.05) is 27.7 Å². The summed E-state index contributed by atoms with van der Waals surface area (Å²) in [6.45, 7) is 7.15. The van der Waals surface area contributed by atoms with E-state index < -0.39 is 76.7 Å². The second-order valence-electron chi connectivity index (χ2n) is 17.1. The third-order valence-electron chi connectivity index (χ3n) is 11.5. The van der Waals surface area contributed by atoms with E-state index in [1.54, 1.807) is 0 Å². The fourth-order valence-corrected chi connectivity index (χ4v) is 8.19. The summed E-state index contributed by atoms with van der Waals surface area (Å²) in [5.74, 6) is -5.25. The molecule has 1 aromatic heterocycles. The largest absolute Gasteiger partial charge is 0.573 e. The van der Waals surface area contributed by atoms with Crippen molar-refractivity contribution in [2.45, 2.75) is 136 Å². The molecule has 2 saturated carbocycles. The molecule has 316 valence electrons. The molecular formula is C43H55F3N4O8. The standard InChI is InChI=1S/C43H55F3N4O8/c1-5-10-28(39(54)37(53)19-26-15-16-26)20-35(51)34-22-31(57-29-13-9-14-30(21-29)58-43(44,45)46)25-50(34)41(56)32(42(2,3)4)23-36(52)38(27-11-7-6-8-12-27)49-40(55)33-24-47-17-18-48-33/h9,13-14,17-18,21,24,26-28,31-32,34,38H,5-8,10-12,15-16,19-20,22-23,25H2,1-4H3,(H,49,55)/t28-,31-,32-,34+,38+/m1/s1. The quantitative estimate of drug-likeness (QED) is 0.146. The Labute approximate surface area is 337 Å². The van der Waals surface area contributed by atoms with Gasteiger partial charge in [-0.15, -0.1) is 13.2 Å². The molecule has 12 nitrogen and oxygen atoms in total. The lowest BCUT2D eigenvalue weighted by molar-refractivity contribution is -0.274. The van der Waals surface area contributed by atoms with Crippen LogP contribution in [-0.2, 0) is 24.0 Å². The predicted molar refractivity (Wildman–Crippen MR) is 205 cm³/mol. The Hall–Kier alpha value is -4.69. The van der Waals surface area contributed by atoms with Crippen LogP contribution >= 0.6 is 0 Å². The van der Waals surface area contributed by atoms with Gasteiger partial charge in [0.1, 0.15) is 23.3 Å². The van der Waals surface area contributed by atoms with Crippen molar-refractivity contribution < 1.29 is 51.4 Å². The van der Waals surface area contributed by atoms with E-state index in [2.05, 4.69) is 20.0 Å². The summed E-state index contributed by atoms with van der Waals surface area (Å²) in [4.78, 5) is 92.5. The van der Waals surface area contributed by atoms with Crippen LogP contribution in [-0.4, -0.2) is 80.9 Å². The van der Waals surface area contributed by atoms with Crippen molar-refractivity contribution in [3.8, 4) is 11.5 Å². The highest BCUT2D eigenvalue weighted by Crippen LogP contribution is 2.38. The minimum absolute atomic E-state index is 0.0219. The number of likely N-dealkylation sites (tertiary alicyclic amines) is 1. The fraction of sp³-hybridized carbons (Fsp3) is 0.628. The van der Waals surface area contributed by atoms with E-state index in [1.165, 1.54) is 35.6 Å². The van der Waals surface area contributed by atoms with Gasteiger partial charge in [-0.05, 0) is 61.5 Å². The van der Waals surface area contributed by atoms with Crippen LogP contribution in [0, 0.1) is 29.1 Å². The summed E-state index contributed by atoms with van der Waals surface area (Å²) in [5, 5.41) is 2.89. The molecule has 5 rings (SSSR count). The van der Waals surface area contributed by atoms with Crippen molar-refractivity contribution in [2.75, 3.05) is 6.54 Å². The second kappa shape index (κ2) is 19.4. The van der Waals surface area contributed by atoms with Gasteiger partial charge in [0.2, 0.25) is 11.7 Å². The summed E-state index contributed by atoms with van der Waals surface area (Å²) in [6, 6.07) is 2.93. The first-order valence-electron chi connectivity index (χ1n) is 20.5. The Bertz CT molecular complexity index is 1790. The lowest BCUT2D eigenvalue weighted by Crippen LogP contribution is -2.51. The first-order valence-corrected chi connectivity index (χ1v) is 20.5. The van der Waals surface area contributed by atoms with Gasteiger partial charge in [0.15, 0.2) is 17.3 Å². The van der Waals surface area contributed by atoms with Crippen LogP contribution in [0.1, 0.15) is 122 Å². The van der Waals surface area contributed by atoms with Gasteiger partial charge < -0.3 is 19.7 Å². The van der Waals surface area contributed by atoms with Crippen molar-refractivity contribution in [2.24, 2.45) is 29.1 Å². The molecule has 0 unspecified atom stereocenters. The number of nitrogens with zero attached hydrogens (tertiary/aromatic N) is 3. The maximum Gasteiger partial charge on any atom is 0.573 e. The summed E-state index contributed by atoms with van der Waals surface area (Å²) in [6.07, 6.45) is 4.71. The number of carbonyl (C=O) groups is 6. The van der Waals surface area contributed by atoms with Crippen LogP contribution in [0.4, 0.5) is 13.2 Å². The number of nitrogens with one attached hydrogen (secondary N) is 1. The van der Waals surface area contributed by atoms with E-state index in [0.717, 1.165) is 44.2 Å². The number of carbonyl (C=O) groups excluding carboxylic acids is 6. The molecule has 5 atom stereocenters. The van der Waals surface area contributed by atoms with Crippen molar-refractivity contribution in [1.82, 2.24) is 20.2 Å². The summed E-state index contributed by atoms with van der Waals surface area (Å²) in [5.41, 5.74) is -0.765. The molecule has 2 aliphatic carbocycles. The molecule has 2 aromatic rings. The van der Waals surface area contributed by atoms with Crippen molar-refractivity contribution in [1.29, 1.82) is 0 Å². The van der Waals surface area contributed by atoms with Gasteiger partial charge >= 0.3 is 6.36 Å². The average molecular weight is 813 g/mol. The van der Waals surface area contributed by atoms with Gasteiger partial charge in [-0.3, -0.25) is 33.8 Å². The van der Waals surface area contributed by atoms with Crippen LogP contribution in [0.5, 0.6) is 11.5 Å². The highest BCUT2D eigenvalue weighted by atomic mass is 19.4. The minimum Gasteiger partial charge on any atom is -0.488 e. The number of benzene rings is 1. The van der Waals surface area contributed by atoms with Crippen LogP contribution < -0.4 is 14.8 Å². The Morgan fingerprint density at radius 1 is 0.948 bits per heavy atom. The zero-order valence-corrected chi connectivity index (χ0v) is 33.7. The van der Waals surface area contributed by atoms with Crippen LogP contribution in [0.3, 0.4) is 0 Å². The fourth-order valence-electron chi connectivity index (χ4n) is 8.19. The number of rotatable bonds is 19. The smallest absolute Gasteiger partial charge is 0.488 e. The number of amides is 2. The summed E-state index contributed by atoms with van der Waals surface area (Å²) in [7, 11) is 0. The van der Waals surface area contributed by atoms with E-state index in [0.29, 0.717) is 25.7 Å². The first kappa shape index (κ1) is 44.4. The monoisotopic (exact) mass is 812 g/mol. The molecule has 0 radical (unpaired) electrons. The second-order valence-corrected chi connectivity index (χ2v) is 17.1. The maximum atomic E-state index is 14.9. The number of alkyl halides is 3. The third kappa shape index (κ3) is 12.4. The normalized spacial score (nSPS) is 20.4. The Morgan fingerprint density at radius 2 is 1.66 bits per heavy atom. The van der Waals surface area contributed by atoms with Gasteiger partial charge in [0, 0.05) is 56.0 Å². The zero-order chi connectivity index (χ0) is 42.2. The molecule has 1 aliphatic heterocycles. The Kier molecular flexibility index (Phi) is 14.8. The number of aromatic nitrogens is 2. The van der Waals surface area contributed by atoms with Crippen LogP contribution in [0.25, 0.3) is 0 Å². The molecule has 3 aliphatic rings. The minimum atomic E-state index is -4.94. The highest BCUT2D eigenvalue weighted by molar-refractivity contribution is 6.38. The molecule has 1 saturated heterocycles. The van der Waals surface area contributed by atoms with Gasteiger partial charge in [-0.2, -0.15) is 0 Å². The molecule has 1 N–H and O–H groups in total. The number of ketones is 4. The molecule has 3 fully saturated rings. The van der Waals surface area contributed by atoms with Gasteiger partial charge in [-0.1, -0.05) is 59.4 Å². The van der Waals surface area contributed by atoms with Crippen molar-refractivity contribution in [3.05, 3.63) is 48.5 Å². The van der Waals surface area contributed by atoms with Crippen LogP contribution in [0.2, 0.25) is 0 Å². The average Bonchev–Trinajstić information content (AvgIpc) is 3.89. The lowest BCUT2D eigenvalue weighted by Gasteiger charge is -2.36. The Morgan fingerprint density at radius 3 is 2.28 bits per heavy atom. The molecule has 2 heterocycles. The van der Waals surface area contributed by atoms with Crippen molar-refractivity contribution in [3.63, 3.8) is 0 Å². The maximum absolute atomic E-state index is 14.9. The molecule has 1 aromatic carbocycles. The zero-order valence-electron chi connectivity index (χ0n) is 33.7. The number of hydrogen-bond donors (Lipinski definition) is 1. The topological polar surface area (TPSA) is 162 Å². The molecule has 15 heteroatoms. The van der Waals surface area contributed by atoms with Gasteiger partial charge in [-0.25, -0.2) is 4.98 Å². The SMILES string of the molecule is CCC[C@H](CC(=O)[C@@H]1C[C@@H](Oc2cccc(OC(F)(F)F)c2)CN1C(=O)[C@@H](CC(=O)[C@@H](NC(=O)c1cnccn1)C1CCCCC1)C(C)(C)C)C(=O)C(=O)CC1CC1. The molecule has 2 amide bonds. The molecule has 58 heavy (non-hydrogen) atoms. The molecule has 0 spiro atoms. The van der Waals surface area contributed by atoms with Gasteiger partial charge in [0.25, 0.3) is 5.91 Å². The van der Waals surface area contributed by atoms with E-state index in [9.17, 15) is 41.9 Å². The number of hydrogen-bond acceptors (Lipinski definition) is 10. The van der Waals surface area contributed by atoms with Gasteiger partial charge in [0.05, 0.1) is 24.8 Å². The third-order valence-corrected chi connectivity index (χ3v) is 11.5. The molecular weight excluding hydrogens is 757 g/mol. The van der Waals surface area contributed by atoms with Crippen molar-refractivity contribution >= 4 is 34.9 Å².